The van der Waals surface area contributed by atoms with Crippen LogP contribution in [-0.4, -0.2) is 12.5 Å². The van der Waals surface area contributed by atoms with Crippen LogP contribution in [0.1, 0.15) is 6.42 Å². The summed E-state index contributed by atoms with van der Waals surface area (Å²) in [5.74, 6) is 0.0962. The van der Waals surface area contributed by atoms with Crippen LogP contribution in [0, 0.1) is 0 Å². The van der Waals surface area contributed by atoms with Gasteiger partial charge in [-0.1, -0.05) is 18.2 Å². The zero-order valence-corrected chi connectivity index (χ0v) is 11.6. The van der Waals surface area contributed by atoms with E-state index in [4.69, 9.17) is 0 Å². The van der Waals surface area contributed by atoms with Gasteiger partial charge in [0, 0.05) is 13.0 Å². The van der Waals surface area contributed by atoms with Crippen LogP contribution in [0.15, 0.2) is 30.3 Å². The average molecular weight is 265 g/mol. The fraction of sp³-hybridized carbons (Fsp3) is 0.222. The van der Waals surface area contributed by atoms with Crippen LogP contribution >= 0.6 is 0 Å². The Kier molecular flexibility index (Phi) is 6.44. The van der Waals surface area contributed by atoms with E-state index in [2.05, 4.69) is 5.43 Å². The standard InChI is InChI=1S/C9H10N2O.BrH.Na/c12-9-6-7-11(10-9)8-4-2-1-3-5-8;;/h1-5H,6-7H2,(H,10,12);1H;/q;;+1/p-1. The number of benzene rings is 1. The molecule has 70 valence electrons. The molecule has 5 heteroatoms. The van der Waals surface area contributed by atoms with E-state index < -0.39 is 0 Å². The monoisotopic (exact) mass is 264 g/mol. The summed E-state index contributed by atoms with van der Waals surface area (Å²) < 4.78 is 0. The molecule has 2 rings (SSSR count). The van der Waals surface area contributed by atoms with Crippen molar-refractivity contribution in [3.8, 4) is 0 Å². The number of rotatable bonds is 1. The summed E-state index contributed by atoms with van der Waals surface area (Å²) in [6, 6.07) is 9.83. The molecule has 0 saturated carbocycles. The Morgan fingerprint density at radius 3 is 2.36 bits per heavy atom. The molecule has 3 nitrogen and oxygen atoms in total. The Morgan fingerprint density at radius 2 is 1.86 bits per heavy atom. The summed E-state index contributed by atoms with van der Waals surface area (Å²) in [6.07, 6.45) is 0.592. The number of anilines is 1. The normalized spacial score (nSPS) is 14.0. The van der Waals surface area contributed by atoms with Gasteiger partial charge in [-0.15, -0.1) is 0 Å². The maximum Gasteiger partial charge on any atom is 1.00 e. The Bertz CT molecular complexity index is 294. The summed E-state index contributed by atoms with van der Waals surface area (Å²) in [7, 11) is 0. The molecular formula is C9H10BrN2NaO. The van der Waals surface area contributed by atoms with Crippen LogP contribution in [-0.2, 0) is 4.79 Å². The second-order valence-electron chi connectivity index (χ2n) is 2.77. The maximum absolute atomic E-state index is 10.9. The van der Waals surface area contributed by atoms with Gasteiger partial charge in [0.1, 0.15) is 0 Å². The zero-order chi connectivity index (χ0) is 8.39. The molecular weight excluding hydrogens is 255 g/mol. The first kappa shape index (κ1) is 14.0. The summed E-state index contributed by atoms with van der Waals surface area (Å²) >= 11 is 0. The zero-order valence-electron chi connectivity index (χ0n) is 8.03. The molecule has 0 bridgehead atoms. The molecule has 1 N–H and O–H groups in total. The van der Waals surface area contributed by atoms with Gasteiger partial charge in [0.15, 0.2) is 0 Å². The van der Waals surface area contributed by atoms with E-state index >= 15 is 0 Å². The Hall–Kier alpha value is -0.0300. The van der Waals surface area contributed by atoms with Crippen molar-refractivity contribution < 1.29 is 51.3 Å². The van der Waals surface area contributed by atoms with E-state index in [1.54, 1.807) is 0 Å². The van der Waals surface area contributed by atoms with Crippen molar-refractivity contribution in [1.82, 2.24) is 5.43 Å². The Labute approximate surface area is 116 Å². The Morgan fingerprint density at radius 1 is 1.21 bits per heavy atom. The van der Waals surface area contributed by atoms with Crippen LogP contribution in [0.5, 0.6) is 0 Å². The van der Waals surface area contributed by atoms with Crippen molar-refractivity contribution >= 4 is 11.6 Å². The fourth-order valence-electron chi connectivity index (χ4n) is 1.28. The molecule has 1 fully saturated rings. The molecule has 0 unspecified atom stereocenters. The van der Waals surface area contributed by atoms with Gasteiger partial charge in [0.05, 0.1) is 5.69 Å². The van der Waals surface area contributed by atoms with Crippen LogP contribution < -0.4 is 57.0 Å². The van der Waals surface area contributed by atoms with Gasteiger partial charge in [0.2, 0.25) is 5.91 Å². The van der Waals surface area contributed by atoms with Gasteiger partial charge in [-0.05, 0) is 12.1 Å². The molecule has 0 spiro atoms. The summed E-state index contributed by atoms with van der Waals surface area (Å²) in [5, 5.41) is 1.86. The van der Waals surface area contributed by atoms with Gasteiger partial charge in [-0.25, -0.2) is 0 Å². The first-order valence-electron chi connectivity index (χ1n) is 3.98. The molecule has 14 heavy (non-hydrogen) atoms. The van der Waals surface area contributed by atoms with Crippen molar-refractivity contribution in [2.24, 2.45) is 0 Å². The van der Waals surface area contributed by atoms with E-state index in [9.17, 15) is 4.79 Å². The number of carbonyl (C=O) groups is 1. The second-order valence-corrected chi connectivity index (χ2v) is 2.77. The molecule has 0 aromatic heterocycles. The molecule has 1 amide bonds. The van der Waals surface area contributed by atoms with Gasteiger partial charge in [-0.2, -0.15) is 0 Å². The second kappa shape index (κ2) is 6.45. The number of amides is 1. The quantitative estimate of drug-likeness (QED) is 0.515. The number of nitrogens with zero attached hydrogens (tertiary/aromatic N) is 1. The molecule has 0 atom stereocenters. The molecule has 1 aliphatic heterocycles. The maximum atomic E-state index is 10.9. The van der Waals surface area contributed by atoms with Crippen LogP contribution in [0.25, 0.3) is 0 Å². The number of hydrazine groups is 1. The fourth-order valence-corrected chi connectivity index (χ4v) is 1.28. The van der Waals surface area contributed by atoms with Crippen molar-refractivity contribution in [2.75, 3.05) is 11.6 Å². The molecule has 1 aliphatic rings. The molecule has 1 aromatic carbocycles. The largest absolute Gasteiger partial charge is 1.00 e. The average Bonchev–Trinajstić information content (AvgIpc) is 2.54. The Balaban J connectivity index is 0.000000845. The smallest absolute Gasteiger partial charge is 1.00 e. The SMILES string of the molecule is O=C1CCN(c2ccccc2)N1.[Br-].[Na+]. The predicted octanol–water partition coefficient (Wildman–Crippen LogP) is -5.06. The van der Waals surface area contributed by atoms with E-state index in [-0.39, 0.29) is 52.4 Å². The van der Waals surface area contributed by atoms with E-state index in [1.807, 2.05) is 35.3 Å². The minimum absolute atomic E-state index is 0. The number of para-hydroxylation sites is 1. The van der Waals surface area contributed by atoms with Crippen LogP contribution in [0.4, 0.5) is 5.69 Å². The molecule has 1 heterocycles. The van der Waals surface area contributed by atoms with Gasteiger partial charge in [0.25, 0.3) is 0 Å². The van der Waals surface area contributed by atoms with Crippen LogP contribution in [0.2, 0.25) is 0 Å². The number of hydrogen-bond donors (Lipinski definition) is 1. The molecule has 1 saturated heterocycles. The minimum Gasteiger partial charge on any atom is -1.00 e. The third-order valence-corrected chi connectivity index (χ3v) is 1.89. The van der Waals surface area contributed by atoms with Crippen molar-refractivity contribution in [3.63, 3.8) is 0 Å². The van der Waals surface area contributed by atoms with Gasteiger partial charge >= 0.3 is 29.6 Å². The minimum atomic E-state index is 0. The van der Waals surface area contributed by atoms with Crippen molar-refractivity contribution in [3.05, 3.63) is 30.3 Å². The van der Waals surface area contributed by atoms with Crippen LogP contribution in [0.3, 0.4) is 0 Å². The summed E-state index contributed by atoms with van der Waals surface area (Å²) in [4.78, 5) is 10.9. The van der Waals surface area contributed by atoms with Crippen molar-refractivity contribution in [1.29, 1.82) is 0 Å². The number of nitrogens with one attached hydrogen (secondary N) is 1. The van der Waals surface area contributed by atoms with Gasteiger partial charge < -0.3 is 17.0 Å². The number of hydrogen-bond acceptors (Lipinski definition) is 2. The molecule has 0 radical (unpaired) electrons. The van der Waals surface area contributed by atoms with E-state index in [0.717, 1.165) is 12.2 Å². The number of halogens is 1. The van der Waals surface area contributed by atoms with Gasteiger partial charge in [-0.3, -0.25) is 15.2 Å². The molecule has 1 aromatic rings. The topological polar surface area (TPSA) is 32.3 Å². The molecule has 0 aliphatic carbocycles. The first-order chi connectivity index (χ1) is 5.86. The number of carbonyl (C=O) groups excluding carboxylic acids is 1. The third kappa shape index (κ3) is 3.28. The summed E-state index contributed by atoms with van der Waals surface area (Å²) in [5.41, 5.74) is 3.81. The predicted molar refractivity (Wildman–Crippen MR) is 46.5 cm³/mol. The van der Waals surface area contributed by atoms with E-state index in [1.165, 1.54) is 0 Å². The van der Waals surface area contributed by atoms with Crippen molar-refractivity contribution in [2.45, 2.75) is 6.42 Å². The third-order valence-electron chi connectivity index (χ3n) is 1.89. The first-order valence-corrected chi connectivity index (χ1v) is 3.98. The summed E-state index contributed by atoms with van der Waals surface area (Å²) in [6.45, 7) is 0.767. The van der Waals surface area contributed by atoms with E-state index in [0.29, 0.717) is 6.42 Å².